The molecule has 33 heavy (non-hydrogen) atoms. The van der Waals surface area contributed by atoms with Crippen LogP contribution in [0.5, 0.6) is 11.5 Å². The van der Waals surface area contributed by atoms with Gasteiger partial charge in [0.05, 0.1) is 14.2 Å². The van der Waals surface area contributed by atoms with Crippen molar-refractivity contribution in [1.29, 1.82) is 0 Å². The van der Waals surface area contributed by atoms with Gasteiger partial charge in [-0.3, -0.25) is 19.2 Å². The van der Waals surface area contributed by atoms with Crippen molar-refractivity contribution in [2.45, 2.75) is 51.5 Å². The minimum atomic E-state index is -1.60. The average molecular weight is 468 g/mol. The Balaban J connectivity index is 2.55. The van der Waals surface area contributed by atoms with Gasteiger partial charge in [-0.15, -0.1) is 0 Å². The second-order valence-electron chi connectivity index (χ2n) is 6.82. The number of carbonyl (C=O) groups excluding carboxylic acids is 5. The predicted molar refractivity (Wildman–Crippen MR) is 106 cm³/mol. The number of rotatable bonds is 8. The van der Waals surface area contributed by atoms with Crippen molar-refractivity contribution in [2.24, 2.45) is 0 Å². The van der Waals surface area contributed by atoms with Crippen LogP contribution in [0.25, 0.3) is 0 Å². The van der Waals surface area contributed by atoms with Gasteiger partial charge >= 0.3 is 23.9 Å². The molecule has 180 valence electrons. The first-order valence-corrected chi connectivity index (χ1v) is 9.66. The van der Waals surface area contributed by atoms with E-state index in [9.17, 15) is 24.0 Å². The van der Waals surface area contributed by atoms with Crippen LogP contribution >= 0.6 is 0 Å². The number of hydrogen-bond acceptors (Lipinski definition) is 12. The van der Waals surface area contributed by atoms with Crippen LogP contribution in [0.3, 0.4) is 0 Å². The molecule has 0 aromatic heterocycles. The lowest BCUT2D eigenvalue weighted by molar-refractivity contribution is -0.282. The van der Waals surface area contributed by atoms with Crippen LogP contribution in [0.15, 0.2) is 18.2 Å². The van der Waals surface area contributed by atoms with E-state index in [1.165, 1.54) is 25.3 Å². The lowest BCUT2D eigenvalue weighted by Gasteiger charge is -2.43. The molecule has 0 N–H and O–H groups in total. The van der Waals surface area contributed by atoms with Gasteiger partial charge in [-0.05, 0) is 18.2 Å². The lowest BCUT2D eigenvalue weighted by Crippen LogP contribution is -2.64. The normalized spacial score (nSPS) is 24.1. The van der Waals surface area contributed by atoms with E-state index >= 15 is 0 Å². The molecule has 0 bridgehead atoms. The molecule has 1 fully saturated rings. The molecule has 1 aliphatic rings. The predicted octanol–water partition coefficient (Wildman–Crippen LogP) is 0.579. The number of hydrogen-bond donors (Lipinski definition) is 0. The zero-order valence-corrected chi connectivity index (χ0v) is 18.6. The first kappa shape index (κ1) is 25.6. The third-order valence-electron chi connectivity index (χ3n) is 4.40. The zero-order valence-electron chi connectivity index (χ0n) is 18.6. The van der Waals surface area contributed by atoms with Crippen LogP contribution < -0.4 is 9.47 Å². The van der Waals surface area contributed by atoms with Gasteiger partial charge in [-0.25, -0.2) is 4.79 Å². The summed E-state index contributed by atoms with van der Waals surface area (Å²) in [5.41, 5.74) is 0.292. The minimum absolute atomic E-state index is 0.0568. The van der Waals surface area contributed by atoms with Gasteiger partial charge in [0.25, 0.3) is 0 Å². The fraction of sp³-hybridized carbons (Fsp3) is 0.476. The highest BCUT2D eigenvalue weighted by Crippen LogP contribution is 2.34. The smallest absolute Gasteiger partial charge is 0.339 e. The van der Waals surface area contributed by atoms with Crippen LogP contribution in [0.4, 0.5) is 0 Å². The van der Waals surface area contributed by atoms with Gasteiger partial charge in [0.2, 0.25) is 12.4 Å². The SMILES string of the molecule is COC(=O)C1O[C@@H](Oc2ccc(C=O)cc2OC)C(OC(C)=O)C(OC(C)=O)[C@H]1OC(C)=O. The Kier molecular flexibility index (Phi) is 8.74. The van der Waals surface area contributed by atoms with Crippen LogP contribution in [0, 0.1) is 0 Å². The van der Waals surface area contributed by atoms with Crippen LogP contribution in [-0.2, 0) is 42.9 Å². The Morgan fingerprint density at radius 3 is 1.94 bits per heavy atom. The topological polar surface area (TPSA) is 150 Å². The average Bonchev–Trinajstić information content (AvgIpc) is 2.76. The maximum atomic E-state index is 12.4. The van der Waals surface area contributed by atoms with Crippen molar-refractivity contribution in [1.82, 2.24) is 0 Å². The van der Waals surface area contributed by atoms with Gasteiger partial charge in [0.15, 0.2) is 29.8 Å². The summed E-state index contributed by atoms with van der Waals surface area (Å²) in [6, 6.07) is 4.20. The molecule has 0 spiro atoms. The zero-order chi connectivity index (χ0) is 24.7. The van der Waals surface area contributed by atoms with E-state index in [1.807, 2.05) is 0 Å². The van der Waals surface area contributed by atoms with Gasteiger partial charge in [0.1, 0.15) is 6.29 Å². The van der Waals surface area contributed by atoms with Crippen molar-refractivity contribution >= 4 is 30.2 Å². The minimum Gasteiger partial charge on any atom is -0.493 e. The van der Waals surface area contributed by atoms with Crippen LogP contribution in [0.1, 0.15) is 31.1 Å². The number of esters is 4. The van der Waals surface area contributed by atoms with Gasteiger partial charge < -0.3 is 33.2 Å². The monoisotopic (exact) mass is 468 g/mol. The molecular weight excluding hydrogens is 444 g/mol. The van der Waals surface area contributed by atoms with Crippen LogP contribution in [0.2, 0.25) is 0 Å². The molecule has 1 aromatic rings. The Bertz CT molecular complexity index is 911. The number of benzene rings is 1. The summed E-state index contributed by atoms with van der Waals surface area (Å²) in [7, 11) is 2.41. The molecule has 1 aliphatic heterocycles. The molecule has 0 radical (unpaired) electrons. The molecule has 0 aliphatic carbocycles. The lowest BCUT2D eigenvalue weighted by atomic mass is 9.97. The molecule has 1 aromatic carbocycles. The van der Waals surface area contributed by atoms with E-state index in [2.05, 4.69) is 0 Å². The molecule has 0 amide bonds. The summed E-state index contributed by atoms with van der Waals surface area (Å²) in [4.78, 5) is 58.8. The quantitative estimate of drug-likeness (QED) is 0.298. The number of ether oxygens (including phenoxy) is 7. The first-order chi connectivity index (χ1) is 15.6. The highest BCUT2D eigenvalue weighted by atomic mass is 16.7. The van der Waals surface area contributed by atoms with E-state index in [1.54, 1.807) is 0 Å². The summed E-state index contributed by atoms with van der Waals surface area (Å²) in [6.45, 7) is 3.24. The molecule has 1 saturated heterocycles. The molecule has 2 rings (SSSR count). The van der Waals surface area contributed by atoms with Gasteiger partial charge in [-0.2, -0.15) is 0 Å². The summed E-state index contributed by atoms with van der Waals surface area (Å²) < 4.78 is 37.1. The van der Waals surface area contributed by atoms with E-state index < -0.39 is 54.6 Å². The summed E-state index contributed by atoms with van der Waals surface area (Å²) >= 11 is 0. The van der Waals surface area contributed by atoms with Crippen molar-refractivity contribution in [3.63, 3.8) is 0 Å². The van der Waals surface area contributed by atoms with E-state index in [0.29, 0.717) is 11.8 Å². The third kappa shape index (κ3) is 6.42. The highest BCUT2D eigenvalue weighted by Gasteiger charge is 2.56. The van der Waals surface area contributed by atoms with Crippen molar-refractivity contribution < 1.29 is 57.1 Å². The number of methoxy groups -OCH3 is 2. The van der Waals surface area contributed by atoms with E-state index in [0.717, 1.165) is 27.9 Å². The van der Waals surface area contributed by atoms with Gasteiger partial charge in [-0.1, -0.05) is 0 Å². The van der Waals surface area contributed by atoms with Crippen molar-refractivity contribution in [2.75, 3.05) is 14.2 Å². The molecule has 12 nitrogen and oxygen atoms in total. The molecule has 1 heterocycles. The summed E-state index contributed by atoms with van der Waals surface area (Å²) in [5, 5.41) is 0. The molecular formula is C21H24O12. The maximum Gasteiger partial charge on any atom is 0.339 e. The van der Waals surface area contributed by atoms with Crippen LogP contribution in [-0.4, -0.2) is 75.1 Å². The second kappa shape index (κ2) is 11.3. The fourth-order valence-electron chi connectivity index (χ4n) is 3.15. The summed E-state index contributed by atoms with van der Waals surface area (Å²) in [6.07, 6.45) is -7.00. The largest absolute Gasteiger partial charge is 0.493 e. The fourth-order valence-corrected chi connectivity index (χ4v) is 3.15. The maximum absolute atomic E-state index is 12.4. The van der Waals surface area contributed by atoms with Crippen molar-refractivity contribution in [3.8, 4) is 11.5 Å². The molecule has 0 saturated carbocycles. The van der Waals surface area contributed by atoms with Crippen molar-refractivity contribution in [3.05, 3.63) is 23.8 Å². The molecule has 5 atom stereocenters. The number of aldehydes is 1. The van der Waals surface area contributed by atoms with E-state index in [-0.39, 0.29) is 11.5 Å². The standard InChI is InChI=1S/C21H24O12/c1-10(23)29-16-17(30-11(2)24)19(31-12(3)25)21(33-18(16)20(26)28-5)32-14-7-6-13(9-22)8-15(14)27-4/h6-9,16-19,21H,1-5H3/t16-,17?,18?,19?,21-/m1/s1. The van der Waals surface area contributed by atoms with Gasteiger partial charge in [0, 0.05) is 26.3 Å². The Hall–Kier alpha value is -3.67. The Morgan fingerprint density at radius 1 is 0.848 bits per heavy atom. The first-order valence-electron chi connectivity index (χ1n) is 9.66. The molecule has 3 unspecified atom stereocenters. The number of carbonyl (C=O) groups is 5. The summed E-state index contributed by atoms with van der Waals surface area (Å²) in [5.74, 6) is -3.20. The third-order valence-corrected chi connectivity index (χ3v) is 4.40. The Labute approximate surface area is 189 Å². The Morgan fingerprint density at radius 2 is 1.42 bits per heavy atom. The molecule has 12 heteroatoms. The second-order valence-corrected chi connectivity index (χ2v) is 6.82. The van der Waals surface area contributed by atoms with E-state index in [4.69, 9.17) is 33.2 Å². The highest BCUT2D eigenvalue weighted by molar-refractivity contribution is 5.77.